The minimum absolute atomic E-state index is 0. The first-order valence-electron chi connectivity index (χ1n) is 1.53. The molecule has 0 radical (unpaired) electrons. The van der Waals surface area contributed by atoms with Crippen molar-refractivity contribution in [3.63, 3.8) is 0 Å². The zero-order valence-electron chi connectivity index (χ0n) is 4.91. The van der Waals surface area contributed by atoms with E-state index in [1.165, 1.54) is 0 Å². The smallest absolute Gasteiger partial charge is 0.412 e. The van der Waals surface area contributed by atoms with Gasteiger partial charge < -0.3 is 25.0 Å². The fourth-order valence-electron chi connectivity index (χ4n) is 0.139. The van der Waals surface area contributed by atoms with Crippen molar-refractivity contribution in [1.82, 2.24) is 0 Å². The fourth-order valence-corrected chi connectivity index (χ4v) is 1.25. The zero-order valence-corrected chi connectivity index (χ0v) is 9.15. The monoisotopic (exact) mass is 286 g/mol. The molecule has 0 aliphatic carbocycles. The predicted molar refractivity (Wildman–Crippen MR) is 28.8 cm³/mol. The van der Waals surface area contributed by atoms with Gasteiger partial charge in [-0.05, 0) is 0 Å². The van der Waals surface area contributed by atoms with Gasteiger partial charge >= 0.3 is 15.6 Å². The van der Waals surface area contributed by atoms with E-state index in [1.807, 2.05) is 0 Å². The standard InChI is InChI=1S/H4O7P2.H2O.Zr/c1-8(2,3)7-9(4,5)6;;/h(H2,1,2,3)(H2,4,5,6);1H2;. The number of hydrogen-bond donors (Lipinski definition) is 4. The molecule has 0 atom stereocenters. The van der Waals surface area contributed by atoms with Crippen LogP contribution in [-0.4, -0.2) is 25.0 Å². The molecule has 0 rings (SSSR count). The van der Waals surface area contributed by atoms with E-state index < -0.39 is 15.6 Å². The molecule has 0 aliphatic heterocycles. The average Bonchev–Trinajstić information content (AvgIpc) is 1.14. The third-order valence-electron chi connectivity index (χ3n) is 0.213. The molecule has 68 valence electrons. The SMILES string of the molecule is O.O=P(O)(O)OP(=O)(O)O.[Zr]. The van der Waals surface area contributed by atoms with Crippen molar-refractivity contribution in [3.05, 3.63) is 0 Å². The molecule has 0 saturated carbocycles. The molecular formula is H6O8P2Zr. The van der Waals surface area contributed by atoms with Crippen LogP contribution in [0.4, 0.5) is 0 Å². The molecule has 11 heteroatoms. The van der Waals surface area contributed by atoms with Gasteiger partial charge in [0.1, 0.15) is 0 Å². The van der Waals surface area contributed by atoms with E-state index in [0.29, 0.717) is 0 Å². The van der Waals surface area contributed by atoms with Crippen LogP contribution in [0, 0.1) is 0 Å². The minimum Gasteiger partial charge on any atom is -0.412 e. The summed E-state index contributed by atoms with van der Waals surface area (Å²) >= 11 is 0. The van der Waals surface area contributed by atoms with Crippen LogP contribution in [0.3, 0.4) is 0 Å². The first-order chi connectivity index (χ1) is 3.71. The van der Waals surface area contributed by atoms with Gasteiger partial charge in [-0.3, -0.25) is 0 Å². The van der Waals surface area contributed by atoms with Gasteiger partial charge in [0.25, 0.3) is 0 Å². The van der Waals surface area contributed by atoms with Crippen LogP contribution >= 0.6 is 15.6 Å². The molecule has 0 amide bonds. The molecular weight excluding hydrogens is 281 g/mol. The second-order valence-electron chi connectivity index (χ2n) is 1.06. The van der Waals surface area contributed by atoms with Crippen LogP contribution in [0.15, 0.2) is 0 Å². The number of rotatable bonds is 2. The summed E-state index contributed by atoms with van der Waals surface area (Å²) in [6.07, 6.45) is 0. The molecule has 0 aromatic carbocycles. The van der Waals surface area contributed by atoms with Crippen molar-refractivity contribution >= 4 is 15.6 Å². The normalized spacial score (nSPS) is 11.3. The molecule has 0 bridgehead atoms. The van der Waals surface area contributed by atoms with E-state index in [-0.39, 0.29) is 31.7 Å². The van der Waals surface area contributed by atoms with Gasteiger partial charge in [-0.15, -0.1) is 0 Å². The first kappa shape index (κ1) is 18.0. The third kappa shape index (κ3) is 18.2. The van der Waals surface area contributed by atoms with E-state index in [9.17, 15) is 9.13 Å². The van der Waals surface area contributed by atoms with Gasteiger partial charge in [-0.2, -0.15) is 4.31 Å². The Hall–Kier alpha value is 1.10. The molecule has 0 aliphatic rings. The Labute approximate surface area is 80.5 Å². The Morgan fingerprint density at radius 2 is 1.09 bits per heavy atom. The summed E-state index contributed by atoms with van der Waals surface area (Å²) in [5.74, 6) is 0. The van der Waals surface area contributed by atoms with Gasteiger partial charge in [0, 0.05) is 26.2 Å². The summed E-state index contributed by atoms with van der Waals surface area (Å²) in [4.78, 5) is 31.0. The molecule has 6 N–H and O–H groups in total. The molecule has 0 saturated heterocycles. The van der Waals surface area contributed by atoms with Crippen LogP contribution in [0.2, 0.25) is 0 Å². The van der Waals surface area contributed by atoms with E-state index in [2.05, 4.69) is 4.31 Å². The summed E-state index contributed by atoms with van der Waals surface area (Å²) in [6, 6.07) is 0. The van der Waals surface area contributed by atoms with E-state index in [0.717, 1.165) is 0 Å². The topological polar surface area (TPSA) is 156 Å². The second kappa shape index (κ2) is 5.70. The molecule has 0 unspecified atom stereocenters. The van der Waals surface area contributed by atoms with E-state index in [4.69, 9.17) is 19.6 Å². The van der Waals surface area contributed by atoms with Gasteiger partial charge in [0.2, 0.25) is 0 Å². The van der Waals surface area contributed by atoms with Gasteiger partial charge in [-0.1, -0.05) is 0 Å². The van der Waals surface area contributed by atoms with Gasteiger partial charge in [0.15, 0.2) is 0 Å². The summed E-state index contributed by atoms with van der Waals surface area (Å²) in [5.41, 5.74) is 0. The Morgan fingerprint density at radius 1 is 0.909 bits per heavy atom. The van der Waals surface area contributed by atoms with Gasteiger partial charge in [0.05, 0.1) is 0 Å². The maximum Gasteiger partial charge on any atom is 0.478 e. The Kier molecular flexibility index (Phi) is 9.33. The fraction of sp³-hybridized carbons (Fsp3) is 0. The number of phosphoric acid groups is 2. The molecule has 8 nitrogen and oxygen atoms in total. The molecule has 0 aromatic heterocycles. The average molecular weight is 287 g/mol. The first-order valence-corrected chi connectivity index (χ1v) is 4.59. The van der Waals surface area contributed by atoms with Gasteiger partial charge in [-0.25, -0.2) is 9.13 Å². The van der Waals surface area contributed by atoms with Crippen LogP contribution in [0.1, 0.15) is 0 Å². The maximum absolute atomic E-state index is 9.63. The van der Waals surface area contributed by atoms with Crippen LogP contribution < -0.4 is 0 Å². The molecule has 11 heavy (non-hydrogen) atoms. The van der Waals surface area contributed by atoms with Crippen molar-refractivity contribution in [2.75, 3.05) is 0 Å². The van der Waals surface area contributed by atoms with Crippen LogP contribution in [0.25, 0.3) is 0 Å². The molecule has 0 fully saturated rings. The van der Waals surface area contributed by atoms with Crippen molar-refractivity contribution < 1.29 is 64.7 Å². The van der Waals surface area contributed by atoms with Crippen molar-refractivity contribution in [3.8, 4) is 0 Å². The largest absolute Gasteiger partial charge is 0.478 e. The Bertz CT molecular complexity index is 153. The quantitative estimate of drug-likeness (QED) is 0.444. The zero-order chi connectivity index (χ0) is 7.71. The predicted octanol–water partition coefficient (Wildman–Crippen LogP) is -1.64. The summed E-state index contributed by atoms with van der Waals surface area (Å²) < 4.78 is 22.2. The van der Waals surface area contributed by atoms with Crippen molar-refractivity contribution in [2.45, 2.75) is 0 Å². The van der Waals surface area contributed by atoms with Crippen LogP contribution in [-0.2, 0) is 39.6 Å². The molecule has 0 spiro atoms. The van der Waals surface area contributed by atoms with Crippen molar-refractivity contribution in [2.24, 2.45) is 0 Å². The van der Waals surface area contributed by atoms with Crippen LogP contribution in [0.5, 0.6) is 0 Å². The van der Waals surface area contributed by atoms with E-state index in [1.54, 1.807) is 0 Å². The molecule has 0 heterocycles. The maximum atomic E-state index is 9.63. The summed E-state index contributed by atoms with van der Waals surface area (Å²) in [6.45, 7) is 0. The second-order valence-corrected chi connectivity index (χ2v) is 3.68. The third-order valence-corrected chi connectivity index (χ3v) is 1.91. The van der Waals surface area contributed by atoms with E-state index >= 15 is 0 Å². The number of hydrogen-bond acceptors (Lipinski definition) is 3. The molecule has 0 aromatic rings. The Balaban J connectivity index is -0.000000320. The van der Waals surface area contributed by atoms with Crippen molar-refractivity contribution in [1.29, 1.82) is 0 Å². The summed E-state index contributed by atoms with van der Waals surface area (Å²) in [5, 5.41) is 0. The summed E-state index contributed by atoms with van der Waals surface area (Å²) in [7, 11) is -10.1. The Morgan fingerprint density at radius 3 is 1.09 bits per heavy atom. The minimum atomic E-state index is -5.05.